The zero-order valence-electron chi connectivity index (χ0n) is 10.0. The Kier molecular flexibility index (Phi) is 2.49. The maximum Gasteiger partial charge on any atom is 0.344 e. The predicted molar refractivity (Wildman–Crippen MR) is 72.7 cm³/mol. The van der Waals surface area contributed by atoms with E-state index in [-0.39, 0.29) is 5.63 Å². The van der Waals surface area contributed by atoms with Crippen LogP contribution in [0.25, 0.3) is 22.1 Å². The standard InChI is InChI=1S/C16H12O2/c1-11-13-9-5-6-10-14(13)16(17)18-15(11)12-7-3-2-4-8-12/h2-10H,1H3. The van der Waals surface area contributed by atoms with Gasteiger partial charge in [0.25, 0.3) is 0 Å². The Balaban J connectivity index is 2.39. The molecule has 0 saturated heterocycles. The van der Waals surface area contributed by atoms with E-state index >= 15 is 0 Å². The summed E-state index contributed by atoms with van der Waals surface area (Å²) in [7, 11) is 0. The second kappa shape index (κ2) is 4.15. The molecule has 0 fully saturated rings. The molecular weight excluding hydrogens is 224 g/mol. The van der Waals surface area contributed by atoms with Gasteiger partial charge in [0.2, 0.25) is 0 Å². The highest BCUT2D eigenvalue weighted by Gasteiger charge is 2.10. The lowest BCUT2D eigenvalue weighted by Gasteiger charge is -2.07. The molecule has 0 aliphatic heterocycles. The highest BCUT2D eigenvalue weighted by atomic mass is 16.4. The number of benzene rings is 2. The molecule has 0 amide bonds. The van der Waals surface area contributed by atoms with Gasteiger partial charge in [-0.05, 0) is 18.4 Å². The van der Waals surface area contributed by atoms with Crippen LogP contribution in [0.15, 0.2) is 63.8 Å². The van der Waals surface area contributed by atoms with Gasteiger partial charge in [-0.25, -0.2) is 4.79 Å². The van der Waals surface area contributed by atoms with Crippen LogP contribution in [0.3, 0.4) is 0 Å². The molecule has 18 heavy (non-hydrogen) atoms. The van der Waals surface area contributed by atoms with Crippen LogP contribution in [0.1, 0.15) is 5.56 Å². The average molecular weight is 236 g/mol. The summed E-state index contributed by atoms with van der Waals surface area (Å²) < 4.78 is 5.45. The highest BCUT2D eigenvalue weighted by Crippen LogP contribution is 2.26. The summed E-state index contributed by atoms with van der Waals surface area (Å²) in [6, 6.07) is 17.2. The lowest BCUT2D eigenvalue weighted by molar-refractivity contribution is 0.531. The largest absolute Gasteiger partial charge is 0.422 e. The second-order valence-corrected chi connectivity index (χ2v) is 4.26. The Labute approximate surface area is 105 Å². The Morgan fingerprint density at radius 3 is 2.17 bits per heavy atom. The van der Waals surface area contributed by atoms with Crippen molar-refractivity contribution in [3.63, 3.8) is 0 Å². The Morgan fingerprint density at radius 1 is 0.833 bits per heavy atom. The van der Waals surface area contributed by atoms with Gasteiger partial charge in [0.1, 0.15) is 5.76 Å². The molecule has 0 aliphatic rings. The van der Waals surface area contributed by atoms with E-state index in [0.717, 1.165) is 16.5 Å². The van der Waals surface area contributed by atoms with Crippen molar-refractivity contribution in [2.45, 2.75) is 6.92 Å². The third-order valence-corrected chi connectivity index (χ3v) is 3.12. The smallest absolute Gasteiger partial charge is 0.344 e. The molecule has 1 heterocycles. The van der Waals surface area contributed by atoms with E-state index in [0.29, 0.717) is 11.1 Å². The van der Waals surface area contributed by atoms with Crippen LogP contribution in [0.2, 0.25) is 0 Å². The van der Waals surface area contributed by atoms with Gasteiger partial charge in [-0.1, -0.05) is 48.5 Å². The molecule has 3 aromatic rings. The first-order chi connectivity index (χ1) is 8.77. The third kappa shape index (κ3) is 1.63. The second-order valence-electron chi connectivity index (χ2n) is 4.26. The van der Waals surface area contributed by atoms with Crippen molar-refractivity contribution in [3.05, 3.63) is 70.6 Å². The molecule has 0 radical (unpaired) electrons. The van der Waals surface area contributed by atoms with E-state index in [9.17, 15) is 4.79 Å². The zero-order chi connectivity index (χ0) is 12.5. The molecule has 0 bridgehead atoms. The quantitative estimate of drug-likeness (QED) is 0.643. The van der Waals surface area contributed by atoms with E-state index in [4.69, 9.17) is 4.42 Å². The van der Waals surface area contributed by atoms with E-state index in [1.165, 1.54) is 0 Å². The number of hydrogen-bond donors (Lipinski definition) is 0. The van der Waals surface area contributed by atoms with Crippen LogP contribution in [0.4, 0.5) is 0 Å². The van der Waals surface area contributed by atoms with Crippen molar-refractivity contribution < 1.29 is 4.42 Å². The monoisotopic (exact) mass is 236 g/mol. The lowest BCUT2D eigenvalue weighted by Crippen LogP contribution is -2.02. The normalized spacial score (nSPS) is 10.7. The zero-order valence-corrected chi connectivity index (χ0v) is 10.0. The molecular formula is C16H12O2. The fraction of sp³-hybridized carbons (Fsp3) is 0.0625. The Morgan fingerprint density at radius 2 is 1.44 bits per heavy atom. The van der Waals surface area contributed by atoms with Crippen molar-refractivity contribution >= 4 is 10.8 Å². The van der Waals surface area contributed by atoms with Crippen molar-refractivity contribution in [1.29, 1.82) is 0 Å². The van der Waals surface area contributed by atoms with E-state index < -0.39 is 0 Å². The summed E-state index contributed by atoms with van der Waals surface area (Å²) in [6.45, 7) is 1.98. The number of rotatable bonds is 1. The Bertz CT molecular complexity index is 755. The van der Waals surface area contributed by atoms with Crippen molar-refractivity contribution in [3.8, 4) is 11.3 Å². The minimum absolute atomic E-state index is 0.282. The molecule has 0 atom stereocenters. The van der Waals surface area contributed by atoms with Crippen LogP contribution in [0, 0.1) is 6.92 Å². The molecule has 0 spiro atoms. The third-order valence-electron chi connectivity index (χ3n) is 3.12. The fourth-order valence-electron chi connectivity index (χ4n) is 2.20. The molecule has 0 aliphatic carbocycles. The summed E-state index contributed by atoms with van der Waals surface area (Å²) in [5.41, 5.74) is 1.64. The number of fused-ring (bicyclic) bond motifs is 1. The first kappa shape index (κ1) is 10.8. The number of aryl methyl sites for hydroxylation is 1. The van der Waals surface area contributed by atoms with Crippen LogP contribution in [-0.4, -0.2) is 0 Å². The van der Waals surface area contributed by atoms with Gasteiger partial charge in [-0.2, -0.15) is 0 Å². The van der Waals surface area contributed by atoms with Gasteiger partial charge < -0.3 is 4.42 Å². The van der Waals surface area contributed by atoms with Gasteiger partial charge in [-0.15, -0.1) is 0 Å². The van der Waals surface area contributed by atoms with Gasteiger partial charge in [0.15, 0.2) is 0 Å². The summed E-state index contributed by atoms with van der Waals surface area (Å²) in [5.74, 6) is 0.652. The molecule has 88 valence electrons. The van der Waals surface area contributed by atoms with Crippen molar-refractivity contribution in [1.82, 2.24) is 0 Å². The van der Waals surface area contributed by atoms with Crippen LogP contribution < -0.4 is 5.63 Å². The van der Waals surface area contributed by atoms with E-state index in [1.807, 2.05) is 55.5 Å². The minimum atomic E-state index is -0.282. The first-order valence-electron chi connectivity index (χ1n) is 5.85. The highest BCUT2D eigenvalue weighted by molar-refractivity contribution is 5.88. The summed E-state index contributed by atoms with van der Waals surface area (Å²) in [5, 5.41) is 1.59. The maximum absolute atomic E-state index is 12.0. The SMILES string of the molecule is Cc1c(-c2ccccc2)oc(=O)c2ccccc12. The first-order valence-corrected chi connectivity index (χ1v) is 5.85. The summed E-state index contributed by atoms with van der Waals surface area (Å²) in [4.78, 5) is 12.0. The fourth-order valence-corrected chi connectivity index (χ4v) is 2.20. The van der Waals surface area contributed by atoms with Crippen LogP contribution >= 0.6 is 0 Å². The average Bonchev–Trinajstić information content (AvgIpc) is 2.44. The minimum Gasteiger partial charge on any atom is -0.422 e. The molecule has 0 unspecified atom stereocenters. The lowest BCUT2D eigenvalue weighted by atomic mass is 10.0. The van der Waals surface area contributed by atoms with Crippen molar-refractivity contribution in [2.24, 2.45) is 0 Å². The van der Waals surface area contributed by atoms with E-state index in [1.54, 1.807) is 6.07 Å². The number of hydrogen-bond acceptors (Lipinski definition) is 2. The maximum atomic E-state index is 12.0. The Hall–Kier alpha value is -2.35. The molecule has 2 heteroatoms. The summed E-state index contributed by atoms with van der Waals surface area (Å²) in [6.07, 6.45) is 0. The van der Waals surface area contributed by atoms with Crippen molar-refractivity contribution in [2.75, 3.05) is 0 Å². The van der Waals surface area contributed by atoms with E-state index in [2.05, 4.69) is 0 Å². The molecule has 1 aromatic heterocycles. The topological polar surface area (TPSA) is 30.2 Å². The molecule has 3 rings (SSSR count). The van der Waals surface area contributed by atoms with Gasteiger partial charge in [-0.3, -0.25) is 0 Å². The molecule has 2 aromatic carbocycles. The molecule has 2 nitrogen and oxygen atoms in total. The molecule has 0 N–H and O–H groups in total. The van der Waals surface area contributed by atoms with Gasteiger partial charge in [0, 0.05) is 11.1 Å². The summed E-state index contributed by atoms with van der Waals surface area (Å²) >= 11 is 0. The van der Waals surface area contributed by atoms with Gasteiger partial charge in [0.05, 0.1) is 5.39 Å². The van der Waals surface area contributed by atoms with Crippen LogP contribution in [0.5, 0.6) is 0 Å². The molecule has 0 saturated carbocycles. The van der Waals surface area contributed by atoms with Gasteiger partial charge >= 0.3 is 5.63 Å². The predicted octanol–water partition coefficient (Wildman–Crippen LogP) is 3.77. The van der Waals surface area contributed by atoms with Crippen LogP contribution in [-0.2, 0) is 0 Å².